The predicted octanol–water partition coefficient (Wildman–Crippen LogP) is 6.29. The third kappa shape index (κ3) is 6.68. The maximum atomic E-state index is 13.9. The standard InChI is InChI=1S/C20H30F12O3/c1-2-3-4-5-6-9-15(21,22)17(25,26)19(29,30)20(31,32)18(27,28)16(23,24)10-7-8-14(11-33,12-34)13-35/h33-35H,2-13H2,1H3. The van der Waals surface area contributed by atoms with Crippen LogP contribution in [0.15, 0.2) is 0 Å². The van der Waals surface area contributed by atoms with Crippen molar-refractivity contribution < 1.29 is 68.0 Å². The molecule has 0 aromatic carbocycles. The maximum absolute atomic E-state index is 13.9. The van der Waals surface area contributed by atoms with E-state index in [4.69, 9.17) is 15.3 Å². The van der Waals surface area contributed by atoms with Gasteiger partial charge in [-0.3, -0.25) is 0 Å². The van der Waals surface area contributed by atoms with Gasteiger partial charge in [0.2, 0.25) is 0 Å². The lowest BCUT2D eigenvalue weighted by Gasteiger charge is -2.41. The number of aliphatic hydroxyl groups is 3. The molecule has 35 heavy (non-hydrogen) atoms. The molecule has 0 unspecified atom stereocenters. The van der Waals surface area contributed by atoms with Crippen LogP contribution >= 0.6 is 0 Å². The van der Waals surface area contributed by atoms with E-state index in [0.29, 0.717) is 12.8 Å². The number of aliphatic hydroxyl groups excluding tert-OH is 3. The molecule has 0 fully saturated rings. The Kier molecular flexibility index (Phi) is 11.7. The van der Waals surface area contributed by atoms with E-state index in [0.717, 1.165) is 0 Å². The maximum Gasteiger partial charge on any atom is 0.384 e. The van der Waals surface area contributed by atoms with Crippen molar-refractivity contribution in [1.29, 1.82) is 0 Å². The summed E-state index contributed by atoms with van der Waals surface area (Å²) < 4.78 is 167. The van der Waals surface area contributed by atoms with Crippen molar-refractivity contribution in [1.82, 2.24) is 0 Å². The molecule has 0 amide bonds. The summed E-state index contributed by atoms with van der Waals surface area (Å²) in [6.45, 7) is -1.48. The van der Waals surface area contributed by atoms with Crippen LogP contribution in [0, 0.1) is 5.41 Å². The Morgan fingerprint density at radius 3 is 1.11 bits per heavy atom. The number of halogens is 12. The smallest absolute Gasteiger partial charge is 0.384 e. The van der Waals surface area contributed by atoms with Crippen molar-refractivity contribution in [3.8, 4) is 0 Å². The third-order valence-electron chi connectivity index (χ3n) is 5.90. The molecule has 0 aliphatic heterocycles. The van der Waals surface area contributed by atoms with Gasteiger partial charge >= 0.3 is 35.5 Å². The molecule has 212 valence electrons. The number of unbranched alkanes of at least 4 members (excludes halogenated alkanes) is 4. The first-order valence-corrected chi connectivity index (χ1v) is 10.8. The summed E-state index contributed by atoms with van der Waals surface area (Å²) in [6, 6.07) is 0. The van der Waals surface area contributed by atoms with Gasteiger partial charge in [0.15, 0.2) is 0 Å². The van der Waals surface area contributed by atoms with Gasteiger partial charge in [-0.2, -0.15) is 52.7 Å². The highest BCUT2D eigenvalue weighted by molar-refractivity contribution is 5.11. The highest BCUT2D eigenvalue weighted by Gasteiger charge is 2.89. The average molecular weight is 546 g/mol. The van der Waals surface area contributed by atoms with E-state index in [-0.39, 0.29) is 12.8 Å². The zero-order valence-electron chi connectivity index (χ0n) is 18.9. The highest BCUT2D eigenvalue weighted by Crippen LogP contribution is 2.61. The van der Waals surface area contributed by atoms with E-state index in [1.165, 1.54) is 0 Å². The van der Waals surface area contributed by atoms with Gasteiger partial charge in [-0.25, -0.2) is 0 Å². The summed E-state index contributed by atoms with van der Waals surface area (Å²) in [5.74, 6) is -41.5. The van der Waals surface area contributed by atoms with E-state index in [9.17, 15) is 52.7 Å². The topological polar surface area (TPSA) is 60.7 Å². The Morgan fingerprint density at radius 2 is 0.771 bits per heavy atom. The van der Waals surface area contributed by atoms with Gasteiger partial charge in [0, 0.05) is 18.3 Å². The van der Waals surface area contributed by atoms with Gasteiger partial charge < -0.3 is 15.3 Å². The summed E-state index contributed by atoms with van der Waals surface area (Å²) in [5.41, 5.74) is -1.91. The molecule has 0 atom stereocenters. The fourth-order valence-electron chi connectivity index (χ4n) is 3.19. The second-order valence-electron chi connectivity index (χ2n) is 8.70. The van der Waals surface area contributed by atoms with Crippen LogP contribution in [0.4, 0.5) is 52.7 Å². The molecule has 0 saturated carbocycles. The van der Waals surface area contributed by atoms with E-state index >= 15 is 0 Å². The summed E-state index contributed by atoms with van der Waals surface area (Å²) in [7, 11) is 0. The zero-order valence-corrected chi connectivity index (χ0v) is 18.9. The second-order valence-corrected chi connectivity index (χ2v) is 8.70. The fraction of sp³-hybridized carbons (Fsp3) is 1.00. The predicted molar refractivity (Wildman–Crippen MR) is 101 cm³/mol. The molecule has 0 radical (unpaired) electrons. The van der Waals surface area contributed by atoms with Crippen molar-refractivity contribution in [2.75, 3.05) is 19.8 Å². The summed E-state index contributed by atoms with van der Waals surface area (Å²) in [6.07, 6.45) is -6.29. The third-order valence-corrected chi connectivity index (χ3v) is 5.90. The van der Waals surface area contributed by atoms with Crippen LogP contribution in [0.2, 0.25) is 0 Å². The van der Waals surface area contributed by atoms with Crippen LogP contribution in [-0.4, -0.2) is 70.7 Å². The van der Waals surface area contributed by atoms with Gasteiger partial charge in [0.05, 0.1) is 19.8 Å². The molecule has 15 heteroatoms. The molecule has 0 saturated heterocycles. The van der Waals surface area contributed by atoms with Crippen molar-refractivity contribution in [2.24, 2.45) is 5.41 Å². The average Bonchev–Trinajstić information content (AvgIpc) is 2.76. The Hall–Kier alpha value is -0.960. The van der Waals surface area contributed by atoms with Crippen LogP contribution in [-0.2, 0) is 0 Å². The highest BCUT2D eigenvalue weighted by atomic mass is 19.4. The molecular weight excluding hydrogens is 516 g/mol. The van der Waals surface area contributed by atoms with Crippen LogP contribution in [0.25, 0.3) is 0 Å². The largest absolute Gasteiger partial charge is 0.396 e. The Morgan fingerprint density at radius 1 is 0.429 bits per heavy atom. The minimum absolute atomic E-state index is 0.174. The summed E-state index contributed by atoms with van der Waals surface area (Å²) in [5, 5.41) is 27.1. The Bertz CT molecular complexity index is 629. The van der Waals surface area contributed by atoms with Crippen LogP contribution in [0.3, 0.4) is 0 Å². The van der Waals surface area contributed by atoms with Gasteiger partial charge in [-0.05, 0) is 19.3 Å². The molecule has 0 aromatic rings. The fourth-order valence-corrected chi connectivity index (χ4v) is 3.19. The summed E-state index contributed by atoms with van der Waals surface area (Å²) >= 11 is 0. The minimum Gasteiger partial charge on any atom is -0.396 e. The number of hydrogen-bond acceptors (Lipinski definition) is 3. The lowest BCUT2D eigenvalue weighted by Crippen LogP contribution is -2.70. The van der Waals surface area contributed by atoms with Gasteiger partial charge in [0.1, 0.15) is 0 Å². The normalized spacial score (nSPS) is 15.1. The first kappa shape index (κ1) is 34.0. The van der Waals surface area contributed by atoms with E-state index in [1.807, 2.05) is 0 Å². The first-order chi connectivity index (χ1) is 15.7. The van der Waals surface area contributed by atoms with E-state index in [1.54, 1.807) is 6.92 Å². The molecule has 0 rings (SSSR count). The molecule has 3 nitrogen and oxygen atoms in total. The Labute approximate surface area is 194 Å². The quantitative estimate of drug-likeness (QED) is 0.140. The number of rotatable bonds is 18. The second kappa shape index (κ2) is 12.1. The van der Waals surface area contributed by atoms with Gasteiger partial charge in [-0.15, -0.1) is 0 Å². The van der Waals surface area contributed by atoms with Crippen LogP contribution in [0.5, 0.6) is 0 Å². The van der Waals surface area contributed by atoms with E-state index in [2.05, 4.69) is 0 Å². The molecule has 0 bridgehead atoms. The molecule has 3 N–H and O–H groups in total. The van der Waals surface area contributed by atoms with E-state index < -0.39 is 92.9 Å². The summed E-state index contributed by atoms with van der Waals surface area (Å²) in [4.78, 5) is 0. The Balaban J connectivity index is 5.81. The zero-order chi connectivity index (χ0) is 28.0. The lowest BCUT2D eigenvalue weighted by molar-refractivity contribution is -0.425. The molecule has 0 aromatic heterocycles. The first-order valence-electron chi connectivity index (χ1n) is 10.8. The minimum atomic E-state index is -7.61. The lowest BCUT2D eigenvalue weighted by atomic mass is 9.83. The van der Waals surface area contributed by atoms with Crippen molar-refractivity contribution in [3.05, 3.63) is 0 Å². The van der Waals surface area contributed by atoms with Crippen LogP contribution < -0.4 is 0 Å². The molecule has 0 spiro atoms. The number of hydrogen-bond donors (Lipinski definition) is 3. The monoisotopic (exact) mass is 546 g/mol. The molecule has 0 aliphatic rings. The van der Waals surface area contributed by atoms with Gasteiger partial charge in [0.25, 0.3) is 0 Å². The van der Waals surface area contributed by atoms with Crippen molar-refractivity contribution >= 4 is 0 Å². The molecular formula is C20H30F12O3. The van der Waals surface area contributed by atoms with Crippen molar-refractivity contribution in [3.63, 3.8) is 0 Å². The van der Waals surface area contributed by atoms with Crippen molar-refractivity contribution in [2.45, 2.75) is 100 Å². The molecule has 0 aliphatic carbocycles. The SMILES string of the molecule is CCCCCCCC(F)(F)C(F)(F)C(F)(F)C(F)(F)C(F)(F)C(F)(F)CCCC(CO)(CO)CO. The van der Waals surface area contributed by atoms with Crippen LogP contribution in [0.1, 0.15) is 64.7 Å². The van der Waals surface area contributed by atoms with Gasteiger partial charge in [-0.1, -0.05) is 32.6 Å². The number of alkyl halides is 12. The molecule has 0 heterocycles.